The van der Waals surface area contributed by atoms with Gasteiger partial charge in [-0.25, -0.2) is 0 Å². The van der Waals surface area contributed by atoms with Gasteiger partial charge in [-0.15, -0.1) is 0 Å². The first kappa shape index (κ1) is 63.0. The number of carboxylic acids is 4. The van der Waals surface area contributed by atoms with Crippen molar-refractivity contribution >= 4 is 23.9 Å². The molecule has 0 aliphatic carbocycles. The van der Waals surface area contributed by atoms with Crippen molar-refractivity contribution in [1.82, 2.24) is 0 Å². The van der Waals surface area contributed by atoms with Crippen molar-refractivity contribution in [3.05, 3.63) is 0 Å². The number of aliphatic carboxylic acids is 4. The lowest BCUT2D eigenvalue weighted by molar-refractivity contribution is -0.138. The van der Waals surface area contributed by atoms with Crippen LogP contribution in [0.4, 0.5) is 0 Å². The number of aliphatic hydroxyl groups excluding tert-OH is 2. The van der Waals surface area contributed by atoms with E-state index in [-0.39, 0.29) is 13.2 Å². The highest BCUT2D eigenvalue weighted by molar-refractivity contribution is 5.67. The summed E-state index contributed by atoms with van der Waals surface area (Å²) in [6.07, 6.45) is 38.4. The van der Waals surface area contributed by atoms with Crippen LogP contribution in [0.25, 0.3) is 0 Å². The normalized spacial score (nSPS) is 10.0. The van der Waals surface area contributed by atoms with E-state index in [2.05, 4.69) is 27.7 Å². The van der Waals surface area contributed by atoms with Gasteiger partial charge >= 0.3 is 23.9 Å². The van der Waals surface area contributed by atoms with Crippen molar-refractivity contribution in [2.75, 3.05) is 13.2 Å². The SMILES string of the molecule is CCCCCCCCCC(=O)O.CCCCCCCCCC(=O)O.CCCCCCCCCC(=O)O.CCCCCCCCCC(=O)O.OCCCCCCO. The molecule has 0 saturated heterocycles. The minimum atomic E-state index is -0.663. The second kappa shape index (κ2) is 62.0. The van der Waals surface area contributed by atoms with Gasteiger partial charge < -0.3 is 30.6 Å². The van der Waals surface area contributed by atoms with Crippen molar-refractivity contribution < 1.29 is 49.8 Å². The van der Waals surface area contributed by atoms with Gasteiger partial charge in [-0.05, 0) is 38.5 Å². The van der Waals surface area contributed by atoms with Crippen LogP contribution in [0.3, 0.4) is 0 Å². The van der Waals surface area contributed by atoms with Crippen molar-refractivity contribution in [2.24, 2.45) is 0 Å². The summed E-state index contributed by atoms with van der Waals surface area (Å²) in [4.78, 5) is 40.5. The molecule has 56 heavy (non-hydrogen) atoms. The molecule has 0 spiro atoms. The van der Waals surface area contributed by atoms with Gasteiger partial charge in [0.1, 0.15) is 0 Å². The summed E-state index contributed by atoms with van der Waals surface area (Å²) in [5.74, 6) is -2.65. The van der Waals surface area contributed by atoms with Crippen LogP contribution in [0.5, 0.6) is 0 Å². The van der Waals surface area contributed by atoms with Crippen molar-refractivity contribution in [3.63, 3.8) is 0 Å². The second-order valence-corrected chi connectivity index (χ2v) is 14.9. The standard InChI is InChI=1S/4C10H20O2.C6H14O2/c4*1-2-3-4-5-6-7-8-9-10(11)12;7-5-3-1-2-4-6-8/h4*2-9H2,1H3,(H,11,12);7-8H,1-6H2. The predicted octanol–water partition coefficient (Wildman–Crippen LogP) is 13.4. The van der Waals surface area contributed by atoms with Gasteiger partial charge in [0, 0.05) is 38.9 Å². The second-order valence-electron chi connectivity index (χ2n) is 14.9. The Kier molecular flexibility index (Phi) is 69.7. The molecule has 6 N–H and O–H groups in total. The van der Waals surface area contributed by atoms with E-state index in [9.17, 15) is 19.2 Å². The molecule has 0 amide bonds. The average Bonchev–Trinajstić information content (AvgIpc) is 3.16. The Labute approximate surface area is 345 Å². The first-order valence-corrected chi connectivity index (χ1v) is 23.1. The van der Waals surface area contributed by atoms with Gasteiger partial charge in [-0.2, -0.15) is 0 Å². The van der Waals surface area contributed by atoms with Crippen LogP contribution >= 0.6 is 0 Å². The molecule has 0 aromatic heterocycles. The smallest absolute Gasteiger partial charge is 0.303 e. The monoisotopic (exact) mass is 807 g/mol. The Bertz CT molecular complexity index is 642. The van der Waals surface area contributed by atoms with Gasteiger partial charge in [0.05, 0.1) is 0 Å². The molecule has 338 valence electrons. The molecular weight excluding hydrogens is 712 g/mol. The third kappa shape index (κ3) is 88.8. The molecule has 0 aromatic rings. The molecule has 0 aromatic carbocycles. The van der Waals surface area contributed by atoms with E-state index in [0.717, 1.165) is 77.0 Å². The molecule has 0 aliphatic rings. The highest BCUT2D eigenvalue weighted by atomic mass is 16.4. The van der Waals surface area contributed by atoms with Crippen LogP contribution in [0.15, 0.2) is 0 Å². The topological polar surface area (TPSA) is 190 Å². The van der Waals surface area contributed by atoms with E-state index in [0.29, 0.717) is 25.7 Å². The highest BCUT2D eigenvalue weighted by Gasteiger charge is 1.98. The maximum atomic E-state index is 10.1. The average molecular weight is 807 g/mol. The fourth-order valence-electron chi connectivity index (χ4n) is 5.51. The molecule has 0 heterocycles. The summed E-state index contributed by atoms with van der Waals surface area (Å²) in [6, 6.07) is 0. The maximum absolute atomic E-state index is 10.1. The van der Waals surface area contributed by atoms with E-state index in [1.54, 1.807) is 0 Å². The van der Waals surface area contributed by atoms with Gasteiger partial charge in [-0.1, -0.05) is 195 Å². The Morgan fingerprint density at radius 3 is 0.536 bits per heavy atom. The summed E-state index contributed by atoms with van der Waals surface area (Å²) < 4.78 is 0. The third-order valence-electron chi connectivity index (χ3n) is 9.04. The largest absolute Gasteiger partial charge is 0.481 e. The first-order chi connectivity index (χ1) is 27.0. The molecule has 0 aliphatic heterocycles. The number of rotatable bonds is 37. The minimum absolute atomic E-state index is 0.283. The quantitative estimate of drug-likeness (QED) is 0.0329. The number of unbranched alkanes of at least 4 members (excludes halogenated alkanes) is 27. The molecule has 0 rings (SSSR count). The number of aliphatic hydroxyl groups is 2. The zero-order valence-electron chi connectivity index (χ0n) is 37.2. The molecule has 0 fully saturated rings. The van der Waals surface area contributed by atoms with Crippen LogP contribution in [0.2, 0.25) is 0 Å². The van der Waals surface area contributed by atoms with Crippen LogP contribution in [-0.2, 0) is 19.2 Å². The molecular formula is C46H94O10. The molecule has 10 heteroatoms. The van der Waals surface area contributed by atoms with Gasteiger partial charge in [0.2, 0.25) is 0 Å². The van der Waals surface area contributed by atoms with Crippen LogP contribution in [0, 0.1) is 0 Å². The number of hydrogen-bond donors (Lipinski definition) is 6. The van der Waals surface area contributed by atoms with Crippen molar-refractivity contribution in [1.29, 1.82) is 0 Å². The van der Waals surface area contributed by atoms with Crippen LogP contribution in [-0.4, -0.2) is 67.7 Å². The van der Waals surface area contributed by atoms with E-state index in [1.807, 2.05) is 0 Å². The minimum Gasteiger partial charge on any atom is -0.481 e. The Morgan fingerprint density at radius 2 is 0.393 bits per heavy atom. The van der Waals surface area contributed by atoms with Gasteiger partial charge in [0.25, 0.3) is 0 Å². The Morgan fingerprint density at radius 1 is 0.250 bits per heavy atom. The summed E-state index contributed by atoms with van der Waals surface area (Å²) in [7, 11) is 0. The Balaban J connectivity index is -0.000000195. The Hall–Kier alpha value is -2.20. The van der Waals surface area contributed by atoms with E-state index >= 15 is 0 Å². The predicted molar refractivity (Wildman–Crippen MR) is 234 cm³/mol. The maximum Gasteiger partial charge on any atom is 0.303 e. The molecule has 0 saturated carbocycles. The highest BCUT2D eigenvalue weighted by Crippen LogP contribution is 2.10. The lowest BCUT2D eigenvalue weighted by Crippen LogP contribution is -1.93. The molecule has 0 radical (unpaired) electrons. The van der Waals surface area contributed by atoms with Crippen molar-refractivity contribution in [3.8, 4) is 0 Å². The molecule has 0 bridgehead atoms. The lowest BCUT2D eigenvalue weighted by Gasteiger charge is -1.98. The summed E-state index contributed by atoms with van der Waals surface area (Å²) in [5, 5.41) is 50.0. The fourth-order valence-corrected chi connectivity index (χ4v) is 5.51. The molecule has 0 unspecified atom stereocenters. The molecule has 0 atom stereocenters. The summed E-state index contributed by atoms with van der Waals surface area (Å²) in [6.45, 7) is 9.36. The third-order valence-corrected chi connectivity index (χ3v) is 9.04. The van der Waals surface area contributed by atoms with E-state index < -0.39 is 23.9 Å². The summed E-state index contributed by atoms with van der Waals surface area (Å²) in [5.41, 5.74) is 0. The molecule has 10 nitrogen and oxygen atoms in total. The van der Waals surface area contributed by atoms with Crippen LogP contribution in [0.1, 0.15) is 259 Å². The number of hydrogen-bond acceptors (Lipinski definition) is 6. The van der Waals surface area contributed by atoms with Crippen molar-refractivity contribution in [2.45, 2.75) is 259 Å². The lowest BCUT2D eigenvalue weighted by atomic mass is 10.1. The van der Waals surface area contributed by atoms with Gasteiger partial charge in [-0.3, -0.25) is 19.2 Å². The van der Waals surface area contributed by atoms with Gasteiger partial charge in [0.15, 0.2) is 0 Å². The van der Waals surface area contributed by atoms with E-state index in [1.165, 1.54) is 128 Å². The zero-order valence-corrected chi connectivity index (χ0v) is 37.2. The summed E-state index contributed by atoms with van der Waals surface area (Å²) >= 11 is 0. The zero-order chi connectivity index (χ0) is 43.2. The number of carboxylic acid groups (broad SMARTS) is 4. The fraction of sp³-hybridized carbons (Fsp3) is 0.913. The number of carbonyl (C=O) groups is 4. The van der Waals surface area contributed by atoms with E-state index in [4.69, 9.17) is 30.6 Å². The van der Waals surface area contributed by atoms with Crippen LogP contribution < -0.4 is 0 Å². The first-order valence-electron chi connectivity index (χ1n) is 23.1.